The molecular weight excluding hydrogens is 388 g/mol. The number of nitrogens with one attached hydrogen (secondary N) is 1. The van der Waals surface area contributed by atoms with E-state index in [0.717, 1.165) is 18.4 Å². The molecule has 0 aromatic heterocycles. The largest absolute Gasteiger partial charge is 0.506 e. The molecule has 1 aliphatic rings. The van der Waals surface area contributed by atoms with Crippen LogP contribution in [0.5, 0.6) is 5.75 Å². The van der Waals surface area contributed by atoms with Crippen molar-refractivity contribution in [2.24, 2.45) is 0 Å². The summed E-state index contributed by atoms with van der Waals surface area (Å²) in [5.74, 6) is -0.470. The van der Waals surface area contributed by atoms with Crippen molar-refractivity contribution in [3.8, 4) is 5.75 Å². The fraction of sp³-hybridized carbons (Fsp3) is 0.136. The van der Waals surface area contributed by atoms with E-state index in [1.54, 1.807) is 18.2 Å². The predicted octanol–water partition coefficient (Wildman–Crippen LogP) is 3.79. The van der Waals surface area contributed by atoms with Crippen LogP contribution >= 0.6 is 0 Å². The topological polar surface area (TPSA) is 86.7 Å². The van der Waals surface area contributed by atoms with Crippen molar-refractivity contribution in [3.05, 3.63) is 83.9 Å². The Morgan fingerprint density at radius 2 is 1.62 bits per heavy atom. The molecule has 0 unspecified atom stereocenters. The van der Waals surface area contributed by atoms with E-state index in [2.05, 4.69) is 5.32 Å². The monoisotopic (exact) mass is 408 g/mol. The zero-order valence-electron chi connectivity index (χ0n) is 15.6. The van der Waals surface area contributed by atoms with Crippen LogP contribution in [0.15, 0.2) is 77.7 Å². The van der Waals surface area contributed by atoms with Gasteiger partial charge in [-0.1, -0.05) is 30.3 Å². The second-order valence-corrected chi connectivity index (χ2v) is 8.67. The third kappa shape index (κ3) is 3.69. The second-order valence-electron chi connectivity index (χ2n) is 6.81. The van der Waals surface area contributed by atoms with E-state index < -0.39 is 15.9 Å². The summed E-state index contributed by atoms with van der Waals surface area (Å²) in [5, 5.41) is 12.4. The lowest BCUT2D eigenvalue weighted by Gasteiger charge is -2.30. The van der Waals surface area contributed by atoms with Gasteiger partial charge in [-0.15, -0.1) is 0 Å². The number of rotatable bonds is 4. The highest BCUT2D eigenvalue weighted by molar-refractivity contribution is 7.92. The molecule has 4 rings (SSSR count). The number of hydrogen-bond acceptors (Lipinski definition) is 4. The molecule has 7 heteroatoms. The number of anilines is 2. The molecule has 2 N–H and O–H groups in total. The summed E-state index contributed by atoms with van der Waals surface area (Å²) in [5.41, 5.74) is 2.31. The van der Waals surface area contributed by atoms with Crippen LogP contribution in [0.3, 0.4) is 0 Å². The molecule has 3 aromatic rings. The number of hydrogen-bond donors (Lipinski definition) is 2. The molecule has 0 saturated carbocycles. The molecule has 29 heavy (non-hydrogen) atoms. The lowest BCUT2D eigenvalue weighted by atomic mass is 10.0. The number of carbonyl (C=O) groups is 1. The summed E-state index contributed by atoms with van der Waals surface area (Å²) < 4.78 is 27.8. The Morgan fingerprint density at radius 3 is 2.38 bits per heavy atom. The molecule has 0 radical (unpaired) electrons. The Bertz CT molecular complexity index is 1160. The van der Waals surface area contributed by atoms with Crippen LogP contribution in [0, 0.1) is 0 Å². The van der Waals surface area contributed by atoms with Gasteiger partial charge in [0, 0.05) is 12.1 Å². The maximum atomic E-state index is 13.2. The molecule has 1 aliphatic heterocycles. The number of sulfonamides is 1. The van der Waals surface area contributed by atoms with Crippen LogP contribution in [-0.4, -0.2) is 26.0 Å². The number of para-hydroxylation sites is 3. The predicted molar refractivity (Wildman–Crippen MR) is 112 cm³/mol. The number of aromatic hydroxyl groups is 1. The average Bonchev–Trinajstić information content (AvgIpc) is 2.75. The third-order valence-electron chi connectivity index (χ3n) is 4.92. The maximum absolute atomic E-state index is 13.2. The van der Waals surface area contributed by atoms with Crippen LogP contribution in [0.2, 0.25) is 0 Å². The fourth-order valence-electron chi connectivity index (χ4n) is 3.43. The molecule has 0 atom stereocenters. The highest BCUT2D eigenvalue weighted by Gasteiger charge is 2.28. The zero-order chi connectivity index (χ0) is 20.4. The molecule has 1 heterocycles. The van der Waals surface area contributed by atoms with Gasteiger partial charge in [0.2, 0.25) is 0 Å². The van der Waals surface area contributed by atoms with E-state index in [4.69, 9.17) is 0 Å². The Labute approximate surface area is 169 Å². The summed E-state index contributed by atoms with van der Waals surface area (Å²) in [7, 11) is -3.72. The molecule has 0 aliphatic carbocycles. The Hall–Kier alpha value is -3.32. The van der Waals surface area contributed by atoms with E-state index >= 15 is 0 Å². The quantitative estimate of drug-likeness (QED) is 0.643. The number of carbonyl (C=O) groups excluding carboxylic acids is 1. The van der Waals surface area contributed by atoms with Crippen LogP contribution in [0.4, 0.5) is 11.4 Å². The molecule has 148 valence electrons. The molecule has 1 amide bonds. The van der Waals surface area contributed by atoms with Gasteiger partial charge in [0.15, 0.2) is 0 Å². The number of fused-ring (bicyclic) bond motifs is 1. The third-order valence-corrected chi connectivity index (χ3v) is 6.75. The van der Waals surface area contributed by atoms with Gasteiger partial charge < -0.3 is 10.4 Å². The molecule has 6 nitrogen and oxygen atoms in total. The van der Waals surface area contributed by atoms with Gasteiger partial charge in [-0.2, -0.15) is 0 Å². The standard InChI is InChI=1S/C22H20N2O4S/c25-21-10-4-2-8-19(21)23-22(26)17-11-13-18(14-12-17)29(27,28)24-15-5-7-16-6-1-3-9-20(16)24/h1-4,6,8-14,25H,5,7,15H2,(H,23,26). The van der Waals surface area contributed by atoms with Crippen LogP contribution < -0.4 is 9.62 Å². The first kappa shape index (κ1) is 19.0. The van der Waals surface area contributed by atoms with E-state index in [9.17, 15) is 18.3 Å². The van der Waals surface area contributed by atoms with E-state index in [1.807, 2.05) is 24.3 Å². The highest BCUT2D eigenvalue weighted by Crippen LogP contribution is 2.32. The Kier molecular flexibility index (Phi) is 4.98. The van der Waals surface area contributed by atoms with Crippen molar-refractivity contribution in [1.82, 2.24) is 0 Å². The van der Waals surface area contributed by atoms with Gasteiger partial charge in [-0.05, 0) is 60.9 Å². The van der Waals surface area contributed by atoms with Gasteiger partial charge >= 0.3 is 0 Å². The SMILES string of the molecule is O=C(Nc1ccccc1O)c1ccc(S(=O)(=O)N2CCCc3ccccc32)cc1. The summed E-state index contributed by atoms with van der Waals surface area (Å²) in [6.45, 7) is 0.425. The number of phenolic OH excluding ortho intramolecular Hbond substituents is 1. The van der Waals surface area contributed by atoms with Crippen LogP contribution in [-0.2, 0) is 16.4 Å². The van der Waals surface area contributed by atoms with Gasteiger partial charge in [0.05, 0.1) is 16.3 Å². The molecule has 3 aromatic carbocycles. The zero-order valence-corrected chi connectivity index (χ0v) is 16.4. The number of phenols is 1. The van der Waals surface area contributed by atoms with Gasteiger partial charge in [-0.3, -0.25) is 9.10 Å². The van der Waals surface area contributed by atoms with Crippen molar-refractivity contribution in [2.75, 3.05) is 16.2 Å². The van der Waals surface area contributed by atoms with Gasteiger partial charge in [-0.25, -0.2) is 8.42 Å². The van der Waals surface area contributed by atoms with Crippen molar-refractivity contribution in [3.63, 3.8) is 0 Å². The van der Waals surface area contributed by atoms with Gasteiger partial charge in [0.1, 0.15) is 5.75 Å². The molecule has 0 saturated heterocycles. The van der Waals surface area contributed by atoms with Crippen LogP contribution in [0.1, 0.15) is 22.3 Å². The normalized spacial score (nSPS) is 13.6. The minimum absolute atomic E-state index is 0.0381. The fourth-order valence-corrected chi connectivity index (χ4v) is 4.97. The van der Waals surface area contributed by atoms with Crippen molar-refractivity contribution in [1.29, 1.82) is 0 Å². The molecular formula is C22H20N2O4S. The lowest BCUT2D eigenvalue weighted by molar-refractivity contribution is 0.102. The molecule has 0 bridgehead atoms. The Morgan fingerprint density at radius 1 is 0.931 bits per heavy atom. The van der Waals surface area contributed by atoms with Crippen LogP contribution in [0.25, 0.3) is 0 Å². The minimum atomic E-state index is -3.72. The number of nitrogens with zero attached hydrogens (tertiary/aromatic N) is 1. The lowest BCUT2D eigenvalue weighted by Crippen LogP contribution is -2.35. The molecule has 0 spiro atoms. The minimum Gasteiger partial charge on any atom is -0.506 e. The second kappa shape index (κ2) is 7.60. The maximum Gasteiger partial charge on any atom is 0.264 e. The first-order valence-corrected chi connectivity index (χ1v) is 10.7. The molecule has 0 fully saturated rings. The summed E-state index contributed by atoms with van der Waals surface area (Å²) in [4.78, 5) is 12.5. The summed E-state index contributed by atoms with van der Waals surface area (Å²) in [6, 6.07) is 19.7. The first-order valence-electron chi connectivity index (χ1n) is 9.27. The summed E-state index contributed by atoms with van der Waals surface area (Å²) in [6.07, 6.45) is 1.62. The number of aryl methyl sites for hydroxylation is 1. The van der Waals surface area contributed by atoms with Crippen molar-refractivity contribution < 1.29 is 18.3 Å². The Balaban J connectivity index is 1.58. The van der Waals surface area contributed by atoms with E-state index in [1.165, 1.54) is 34.6 Å². The highest BCUT2D eigenvalue weighted by atomic mass is 32.2. The first-order chi connectivity index (χ1) is 14.0. The van der Waals surface area contributed by atoms with E-state index in [-0.39, 0.29) is 10.6 Å². The van der Waals surface area contributed by atoms with Crippen molar-refractivity contribution in [2.45, 2.75) is 17.7 Å². The van der Waals surface area contributed by atoms with Crippen molar-refractivity contribution >= 4 is 27.3 Å². The number of benzene rings is 3. The number of amides is 1. The summed E-state index contributed by atoms with van der Waals surface area (Å²) >= 11 is 0. The van der Waals surface area contributed by atoms with E-state index in [0.29, 0.717) is 23.5 Å². The van der Waals surface area contributed by atoms with Gasteiger partial charge in [0.25, 0.3) is 15.9 Å². The smallest absolute Gasteiger partial charge is 0.264 e. The average molecular weight is 408 g/mol.